The lowest BCUT2D eigenvalue weighted by atomic mass is 10.5. The molecule has 6 heteroatoms. The Hall–Kier alpha value is -1.40. The molecule has 0 heterocycles. The van der Waals surface area contributed by atoms with E-state index < -0.39 is 11.9 Å². The van der Waals surface area contributed by atoms with Crippen molar-refractivity contribution in [3.63, 3.8) is 0 Å². The van der Waals surface area contributed by atoms with Crippen molar-refractivity contribution in [2.24, 2.45) is 5.90 Å². The standard InChI is InChI=1S/C4H4O4.H2NO/c5-3(6)1-2-4(7)8;1-2/h1-2H,(H,5,6)(H,7,8);1H2/b2-1-;. The summed E-state index contributed by atoms with van der Waals surface area (Å²) in [5.74, 6) is 0.736. The van der Waals surface area contributed by atoms with E-state index in [9.17, 15) is 9.59 Å². The molecule has 0 spiro atoms. The van der Waals surface area contributed by atoms with Crippen LogP contribution in [0.2, 0.25) is 0 Å². The Kier molecular flexibility index (Phi) is 8.67. The zero-order valence-corrected chi connectivity index (χ0v) is 4.85. The van der Waals surface area contributed by atoms with E-state index in [-0.39, 0.29) is 0 Å². The van der Waals surface area contributed by atoms with Gasteiger partial charge in [0.05, 0.1) is 0 Å². The maximum atomic E-state index is 9.55. The molecule has 0 unspecified atom stereocenters. The first-order valence-electron chi connectivity index (χ1n) is 2.00. The first-order chi connectivity index (χ1) is 4.63. The Morgan fingerprint density at radius 3 is 1.30 bits per heavy atom. The molecule has 6 nitrogen and oxygen atoms in total. The summed E-state index contributed by atoms with van der Waals surface area (Å²) < 4.78 is 0. The van der Waals surface area contributed by atoms with Gasteiger partial charge in [-0.2, -0.15) is 5.90 Å². The average molecular weight is 148 g/mol. The zero-order valence-electron chi connectivity index (χ0n) is 4.85. The molecule has 0 atom stereocenters. The third-order valence-electron chi connectivity index (χ3n) is 0.368. The smallest absolute Gasteiger partial charge is 0.328 e. The predicted octanol–water partition coefficient (Wildman–Crippen LogP) is -0.998. The number of nitrogens with two attached hydrogens (primary N) is 1. The van der Waals surface area contributed by atoms with Crippen molar-refractivity contribution in [3.05, 3.63) is 12.2 Å². The molecule has 0 aromatic rings. The largest absolute Gasteiger partial charge is 0.478 e. The quantitative estimate of drug-likeness (QED) is 0.342. The van der Waals surface area contributed by atoms with Crippen molar-refractivity contribution < 1.29 is 25.0 Å². The molecule has 10 heavy (non-hydrogen) atoms. The second-order valence-electron chi connectivity index (χ2n) is 1.01. The maximum Gasteiger partial charge on any atom is 0.328 e. The number of hydrogen-bond acceptors (Lipinski definition) is 3. The average Bonchev–Trinajstić information content (AvgIpc) is 1.89. The fourth-order valence-corrected chi connectivity index (χ4v) is 0.143. The summed E-state index contributed by atoms with van der Waals surface area (Å²) in [6.45, 7) is 0. The summed E-state index contributed by atoms with van der Waals surface area (Å²) in [5, 5.41) is 23.4. The number of carbonyl (C=O) groups is 2. The second-order valence-corrected chi connectivity index (χ2v) is 1.01. The summed E-state index contributed by atoms with van der Waals surface area (Å²) in [6, 6.07) is 0. The minimum absolute atomic E-state index is 0.558. The molecule has 0 aromatic carbocycles. The van der Waals surface area contributed by atoms with Crippen LogP contribution in [-0.2, 0) is 14.8 Å². The molecule has 1 radical (unpaired) electrons. The minimum atomic E-state index is -1.26. The van der Waals surface area contributed by atoms with Gasteiger partial charge in [0.1, 0.15) is 0 Å². The summed E-state index contributed by atoms with van der Waals surface area (Å²) >= 11 is 0. The zero-order chi connectivity index (χ0) is 8.57. The van der Waals surface area contributed by atoms with Crippen molar-refractivity contribution in [1.82, 2.24) is 0 Å². The van der Waals surface area contributed by atoms with E-state index in [1.165, 1.54) is 0 Å². The first-order valence-corrected chi connectivity index (χ1v) is 2.00. The Morgan fingerprint density at radius 1 is 1.00 bits per heavy atom. The van der Waals surface area contributed by atoms with E-state index in [1.807, 2.05) is 0 Å². The molecule has 0 bridgehead atoms. The van der Waals surface area contributed by atoms with Crippen LogP contribution < -0.4 is 5.90 Å². The number of aliphatic carboxylic acids is 2. The summed E-state index contributed by atoms with van der Waals surface area (Å²) in [7, 11) is 0. The SMILES string of the molecule is N[O].O=C(O)/C=C\C(=O)O. The molecule has 0 saturated heterocycles. The van der Waals surface area contributed by atoms with E-state index >= 15 is 0 Å². The Morgan fingerprint density at radius 2 is 1.20 bits per heavy atom. The number of carboxylic acids is 2. The van der Waals surface area contributed by atoms with Gasteiger partial charge in [0.2, 0.25) is 0 Å². The van der Waals surface area contributed by atoms with Crippen molar-refractivity contribution in [1.29, 1.82) is 0 Å². The monoisotopic (exact) mass is 148 g/mol. The third-order valence-corrected chi connectivity index (χ3v) is 0.368. The highest BCUT2D eigenvalue weighted by Gasteiger charge is 1.88. The molecule has 0 aliphatic carbocycles. The van der Waals surface area contributed by atoms with E-state index in [4.69, 9.17) is 15.4 Å². The summed E-state index contributed by atoms with van der Waals surface area (Å²) in [5.41, 5.74) is 0. The van der Waals surface area contributed by atoms with Gasteiger partial charge in [-0.3, -0.25) is 0 Å². The van der Waals surface area contributed by atoms with Crippen LogP contribution in [0.1, 0.15) is 0 Å². The number of carboxylic acid groups (broad SMARTS) is 2. The lowest BCUT2D eigenvalue weighted by Crippen LogP contribution is -1.91. The molecule has 0 fully saturated rings. The van der Waals surface area contributed by atoms with E-state index in [1.54, 1.807) is 0 Å². The van der Waals surface area contributed by atoms with Crippen LogP contribution in [0.4, 0.5) is 0 Å². The van der Waals surface area contributed by atoms with Gasteiger partial charge in [0, 0.05) is 12.2 Å². The molecule has 0 aliphatic rings. The van der Waals surface area contributed by atoms with Crippen LogP contribution in [0, 0.1) is 0 Å². The molecule has 57 valence electrons. The highest BCUT2D eigenvalue weighted by molar-refractivity contribution is 5.89. The highest BCUT2D eigenvalue weighted by Crippen LogP contribution is 1.70. The molecule has 0 aromatic heterocycles. The van der Waals surface area contributed by atoms with Crippen molar-refractivity contribution in [2.75, 3.05) is 0 Å². The maximum absolute atomic E-state index is 9.55. The van der Waals surface area contributed by atoms with Gasteiger partial charge in [0.25, 0.3) is 0 Å². The summed E-state index contributed by atoms with van der Waals surface area (Å²) in [4.78, 5) is 19.1. The molecule has 0 saturated carbocycles. The fraction of sp³-hybridized carbons (Fsp3) is 0. The molecule has 0 rings (SSSR count). The van der Waals surface area contributed by atoms with Gasteiger partial charge in [-0.05, 0) is 0 Å². The van der Waals surface area contributed by atoms with Crippen LogP contribution >= 0.6 is 0 Å². The van der Waals surface area contributed by atoms with Gasteiger partial charge in [-0.25, -0.2) is 9.59 Å². The van der Waals surface area contributed by atoms with Crippen LogP contribution in [0.5, 0.6) is 0 Å². The van der Waals surface area contributed by atoms with Crippen molar-refractivity contribution >= 4 is 11.9 Å². The Labute approximate surface area is 56.1 Å². The topological polar surface area (TPSA) is 121 Å². The van der Waals surface area contributed by atoms with Crippen molar-refractivity contribution in [3.8, 4) is 0 Å². The fourth-order valence-electron chi connectivity index (χ4n) is 0.143. The Bertz CT molecular complexity index is 125. The second kappa shape index (κ2) is 7.60. The van der Waals surface area contributed by atoms with Gasteiger partial charge in [-0.1, -0.05) is 0 Å². The Balaban J connectivity index is 0. The normalized spacial score (nSPS) is 8.20. The van der Waals surface area contributed by atoms with Gasteiger partial charge in [-0.15, -0.1) is 5.21 Å². The van der Waals surface area contributed by atoms with Crippen LogP contribution in [0.25, 0.3) is 0 Å². The van der Waals surface area contributed by atoms with Gasteiger partial charge in [0.15, 0.2) is 0 Å². The highest BCUT2D eigenvalue weighted by atomic mass is 16.4. The molecular formula is C4H6NO5. The van der Waals surface area contributed by atoms with Gasteiger partial charge >= 0.3 is 11.9 Å². The number of rotatable bonds is 2. The molecular weight excluding hydrogens is 142 g/mol. The number of hydrogen-bond donors (Lipinski definition) is 3. The molecule has 4 N–H and O–H groups in total. The van der Waals surface area contributed by atoms with Gasteiger partial charge < -0.3 is 10.2 Å². The van der Waals surface area contributed by atoms with Crippen LogP contribution in [0.15, 0.2) is 12.2 Å². The molecule has 0 aliphatic heterocycles. The van der Waals surface area contributed by atoms with E-state index in [0.717, 1.165) is 0 Å². The lowest BCUT2D eigenvalue weighted by Gasteiger charge is -1.74. The lowest BCUT2D eigenvalue weighted by molar-refractivity contribution is -0.134. The van der Waals surface area contributed by atoms with Crippen LogP contribution in [-0.4, -0.2) is 22.2 Å². The minimum Gasteiger partial charge on any atom is -0.478 e. The molecule has 0 amide bonds. The first kappa shape index (κ1) is 11.4. The predicted molar refractivity (Wildman–Crippen MR) is 29.3 cm³/mol. The van der Waals surface area contributed by atoms with E-state index in [0.29, 0.717) is 12.2 Å². The van der Waals surface area contributed by atoms with E-state index in [2.05, 4.69) is 5.90 Å². The van der Waals surface area contributed by atoms with Crippen LogP contribution in [0.3, 0.4) is 0 Å². The summed E-state index contributed by atoms with van der Waals surface area (Å²) in [6.07, 6.45) is 1.12. The van der Waals surface area contributed by atoms with Crippen molar-refractivity contribution in [2.45, 2.75) is 0 Å². The third kappa shape index (κ3) is 16.0.